The molecule has 12 heavy (non-hydrogen) atoms. The molecule has 2 unspecified atom stereocenters. The van der Waals surface area contributed by atoms with Crippen molar-refractivity contribution in [2.75, 3.05) is 11.2 Å². The van der Waals surface area contributed by atoms with Crippen molar-refractivity contribution in [1.82, 2.24) is 0 Å². The number of halogens is 2. The van der Waals surface area contributed by atoms with E-state index < -0.39 is 0 Å². The maximum Gasteiger partial charge on any atom is 0.0889 e. The summed E-state index contributed by atoms with van der Waals surface area (Å²) in [5, 5.41) is 0.778. The highest BCUT2D eigenvalue weighted by Crippen LogP contribution is 2.20. The van der Waals surface area contributed by atoms with Crippen LogP contribution in [0.5, 0.6) is 0 Å². The van der Waals surface area contributed by atoms with Crippen molar-refractivity contribution in [2.45, 2.75) is 39.4 Å². The Morgan fingerprint density at radius 2 is 1.92 bits per heavy atom. The summed E-state index contributed by atoms with van der Waals surface area (Å²) < 4.78 is 5.82. The van der Waals surface area contributed by atoms with Crippen LogP contribution in [-0.2, 0) is 4.74 Å². The van der Waals surface area contributed by atoms with Crippen molar-refractivity contribution in [3.8, 4) is 0 Å². The first kappa shape index (κ1) is 12.7. The smallest absolute Gasteiger partial charge is 0.0889 e. The van der Waals surface area contributed by atoms with E-state index in [0.717, 1.165) is 5.33 Å². The molecular formula is C9H18BrClO. The minimum atomic E-state index is -0.231. The molecule has 0 saturated carbocycles. The fourth-order valence-electron chi connectivity index (χ4n) is 0.684. The predicted molar refractivity (Wildman–Crippen MR) is 58.3 cm³/mol. The Balaban J connectivity index is 4.02. The molecule has 0 aliphatic carbocycles. The lowest BCUT2D eigenvalue weighted by atomic mass is 10.1. The van der Waals surface area contributed by atoms with Crippen LogP contribution in [0.3, 0.4) is 0 Å². The fourth-order valence-corrected chi connectivity index (χ4v) is 1.40. The predicted octanol–water partition coefficient (Wildman–Crippen LogP) is 3.44. The fraction of sp³-hybridized carbons (Fsp3) is 1.00. The molecule has 0 radical (unpaired) electrons. The van der Waals surface area contributed by atoms with Crippen molar-refractivity contribution >= 4 is 27.5 Å². The van der Waals surface area contributed by atoms with E-state index in [1.165, 1.54) is 0 Å². The molecule has 0 spiro atoms. The SMILES string of the molecule is CC(C)C(C)OC(C)(CCl)CBr. The third-order valence-electron chi connectivity index (χ3n) is 1.97. The molecule has 0 aliphatic heterocycles. The van der Waals surface area contributed by atoms with Crippen LogP contribution >= 0.6 is 27.5 Å². The molecule has 74 valence electrons. The molecular weight excluding hydrogens is 239 g/mol. The van der Waals surface area contributed by atoms with Crippen LogP contribution in [0.25, 0.3) is 0 Å². The molecule has 0 rings (SSSR count). The molecule has 0 aromatic rings. The monoisotopic (exact) mass is 256 g/mol. The molecule has 3 heteroatoms. The Labute approximate surface area is 88.9 Å². The van der Waals surface area contributed by atoms with Gasteiger partial charge < -0.3 is 4.74 Å². The Hall–Kier alpha value is 0.730. The van der Waals surface area contributed by atoms with E-state index >= 15 is 0 Å². The van der Waals surface area contributed by atoms with Crippen molar-refractivity contribution in [2.24, 2.45) is 5.92 Å². The summed E-state index contributed by atoms with van der Waals surface area (Å²) in [7, 11) is 0. The summed E-state index contributed by atoms with van der Waals surface area (Å²) in [4.78, 5) is 0. The molecule has 0 fully saturated rings. The standard InChI is InChI=1S/C9H18BrClO/c1-7(2)8(3)12-9(4,5-10)6-11/h7-8H,5-6H2,1-4H3. The molecule has 0 heterocycles. The van der Waals surface area contributed by atoms with Gasteiger partial charge in [0.25, 0.3) is 0 Å². The highest BCUT2D eigenvalue weighted by Gasteiger charge is 2.26. The molecule has 0 amide bonds. The van der Waals surface area contributed by atoms with Gasteiger partial charge in [0, 0.05) is 5.33 Å². The molecule has 0 N–H and O–H groups in total. The van der Waals surface area contributed by atoms with E-state index in [-0.39, 0.29) is 11.7 Å². The minimum absolute atomic E-state index is 0.231. The van der Waals surface area contributed by atoms with E-state index in [0.29, 0.717) is 11.8 Å². The summed E-state index contributed by atoms with van der Waals surface area (Å²) >= 11 is 9.20. The summed E-state index contributed by atoms with van der Waals surface area (Å²) in [5.41, 5.74) is -0.231. The quantitative estimate of drug-likeness (QED) is 0.686. The zero-order valence-electron chi connectivity index (χ0n) is 8.23. The van der Waals surface area contributed by atoms with E-state index in [2.05, 4.69) is 36.7 Å². The molecule has 0 saturated heterocycles. The van der Waals surface area contributed by atoms with Crippen molar-refractivity contribution in [1.29, 1.82) is 0 Å². The Bertz CT molecular complexity index is 124. The van der Waals surface area contributed by atoms with Crippen molar-refractivity contribution in [3.05, 3.63) is 0 Å². The number of hydrogen-bond donors (Lipinski definition) is 0. The topological polar surface area (TPSA) is 9.23 Å². The minimum Gasteiger partial charge on any atom is -0.370 e. The highest BCUT2D eigenvalue weighted by molar-refractivity contribution is 9.09. The van der Waals surface area contributed by atoms with Crippen LogP contribution in [-0.4, -0.2) is 22.9 Å². The third kappa shape index (κ3) is 4.11. The Morgan fingerprint density at radius 3 is 2.17 bits per heavy atom. The maximum atomic E-state index is 5.82. The highest BCUT2D eigenvalue weighted by atomic mass is 79.9. The molecule has 1 nitrogen and oxygen atoms in total. The zero-order chi connectivity index (χ0) is 9.78. The van der Waals surface area contributed by atoms with Crippen LogP contribution < -0.4 is 0 Å². The van der Waals surface area contributed by atoms with Crippen LogP contribution in [0, 0.1) is 5.92 Å². The first-order valence-electron chi connectivity index (χ1n) is 4.25. The second kappa shape index (κ2) is 5.46. The zero-order valence-corrected chi connectivity index (χ0v) is 10.6. The first-order chi connectivity index (χ1) is 5.45. The van der Waals surface area contributed by atoms with Crippen molar-refractivity contribution < 1.29 is 4.74 Å². The average molecular weight is 258 g/mol. The first-order valence-corrected chi connectivity index (χ1v) is 5.90. The Kier molecular flexibility index (Phi) is 5.79. The van der Waals surface area contributed by atoms with Gasteiger partial charge in [-0.05, 0) is 19.8 Å². The van der Waals surface area contributed by atoms with Crippen LogP contribution in [0.4, 0.5) is 0 Å². The van der Waals surface area contributed by atoms with Gasteiger partial charge in [-0.25, -0.2) is 0 Å². The van der Waals surface area contributed by atoms with Gasteiger partial charge >= 0.3 is 0 Å². The number of ether oxygens (including phenoxy) is 1. The maximum absolute atomic E-state index is 5.82. The van der Waals surface area contributed by atoms with Gasteiger partial charge in [-0.1, -0.05) is 29.8 Å². The van der Waals surface area contributed by atoms with Gasteiger partial charge in [0.1, 0.15) is 0 Å². The second-order valence-electron chi connectivity index (χ2n) is 3.78. The molecule has 2 atom stereocenters. The molecule has 0 aromatic heterocycles. The van der Waals surface area contributed by atoms with Crippen LogP contribution in [0.15, 0.2) is 0 Å². The number of alkyl halides is 2. The average Bonchev–Trinajstić information content (AvgIpc) is 2.04. The Morgan fingerprint density at radius 1 is 1.42 bits per heavy atom. The van der Waals surface area contributed by atoms with E-state index in [9.17, 15) is 0 Å². The van der Waals surface area contributed by atoms with Crippen molar-refractivity contribution in [3.63, 3.8) is 0 Å². The van der Waals surface area contributed by atoms with Gasteiger partial charge in [-0.2, -0.15) is 0 Å². The summed E-state index contributed by atoms with van der Waals surface area (Å²) in [6, 6.07) is 0. The van der Waals surface area contributed by atoms with E-state index in [1.807, 2.05) is 6.92 Å². The summed E-state index contributed by atoms with van der Waals surface area (Å²) in [6.07, 6.45) is 0.256. The summed E-state index contributed by atoms with van der Waals surface area (Å²) in [5.74, 6) is 1.06. The van der Waals surface area contributed by atoms with Gasteiger partial charge in [0.2, 0.25) is 0 Å². The second-order valence-corrected chi connectivity index (χ2v) is 4.61. The van der Waals surface area contributed by atoms with Gasteiger partial charge in [-0.15, -0.1) is 11.6 Å². The van der Waals surface area contributed by atoms with Crippen LogP contribution in [0.2, 0.25) is 0 Å². The number of hydrogen-bond acceptors (Lipinski definition) is 1. The normalized spacial score (nSPS) is 19.2. The van der Waals surface area contributed by atoms with Crippen LogP contribution in [0.1, 0.15) is 27.7 Å². The largest absolute Gasteiger partial charge is 0.370 e. The van der Waals surface area contributed by atoms with Gasteiger partial charge in [0.05, 0.1) is 17.6 Å². The van der Waals surface area contributed by atoms with E-state index in [1.54, 1.807) is 0 Å². The molecule has 0 aliphatic rings. The summed E-state index contributed by atoms with van der Waals surface area (Å²) in [6.45, 7) is 8.40. The lowest BCUT2D eigenvalue weighted by molar-refractivity contribution is -0.0640. The number of rotatable bonds is 5. The lowest BCUT2D eigenvalue weighted by Gasteiger charge is -2.31. The lowest BCUT2D eigenvalue weighted by Crippen LogP contribution is -2.38. The molecule has 0 aromatic carbocycles. The molecule has 0 bridgehead atoms. The van der Waals surface area contributed by atoms with Gasteiger partial charge in [-0.3, -0.25) is 0 Å². The third-order valence-corrected chi connectivity index (χ3v) is 3.73. The van der Waals surface area contributed by atoms with Gasteiger partial charge in [0.15, 0.2) is 0 Å². The van der Waals surface area contributed by atoms with E-state index in [4.69, 9.17) is 16.3 Å².